The Hall–Kier alpha value is -1.98. The van der Waals surface area contributed by atoms with Crippen molar-refractivity contribution in [2.75, 3.05) is 13.1 Å². The first kappa shape index (κ1) is 15.4. The Kier molecular flexibility index (Phi) is 4.88. The zero-order valence-corrected chi connectivity index (χ0v) is 12.3. The quantitative estimate of drug-likeness (QED) is 0.861. The zero-order valence-electron chi connectivity index (χ0n) is 12.3. The summed E-state index contributed by atoms with van der Waals surface area (Å²) in [5, 5.41) is 2.97. The third-order valence-corrected chi connectivity index (χ3v) is 3.64. The maximum atomic E-state index is 13.5. The van der Waals surface area contributed by atoms with E-state index in [2.05, 4.69) is 10.3 Å². The van der Waals surface area contributed by atoms with E-state index in [0.29, 0.717) is 25.9 Å². The lowest BCUT2D eigenvalue weighted by Gasteiger charge is -2.32. The number of carbonyl (C=O) groups excluding carboxylic acids is 2. The molecule has 1 fully saturated rings. The molecule has 0 spiro atoms. The fourth-order valence-electron chi connectivity index (χ4n) is 2.31. The van der Waals surface area contributed by atoms with Gasteiger partial charge in [0, 0.05) is 31.2 Å². The van der Waals surface area contributed by atoms with Gasteiger partial charge in [-0.3, -0.25) is 9.59 Å². The van der Waals surface area contributed by atoms with Gasteiger partial charge in [0.1, 0.15) is 0 Å². The van der Waals surface area contributed by atoms with Crippen molar-refractivity contribution in [3.05, 3.63) is 29.8 Å². The molecule has 0 bridgehead atoms. The number of rotatable bonds is 3. The molecule has 114 valence electrons. The first-order chi connectivity index (χ1) is 9.99. The number of amides is 2. The highest BCUT2D eigenvalue weighted by Crippen LogP contribution is 2.15. The topological polar surface area (TPSA) is 62.3 Å². The number of aromatic nitrogens is 1. The predicted molar refractivity (Wildman–Crippen MR) is 76.1 cm³/mol. The molecule has 0 radical (unpaired) electrons. The Bertz CT molecular complexity index is 525. The molecule has 1 aromatic rings. The van der Waals surface area contributed by atoms with E-state index >= 15 is 0 Å². The average Bonchev–Trinajstić information content (AvgIpc) is 2.47. The molecular formula is C15H20FN3O2. The molecule has 2 amide bonds. The van der Waals surface area contributed by atoms with E-state index in [-0.39, 0.29) is 29.3 Å². The van der Waals surface area contributed by atoms with E-state index in [1.807, 2.05) is 13.8 Å². The summed E-state index contributed by atoms with van der Waals surface area (Å²) in [6.07, 6.45) is 2.69. The third-order valence-electron chi connectivity index (χ3n) is 3.64. The molecule has 2 rings (SSSR count). The highest BCUT2D eigenvalue weighted by Gasteiger charge is 2.26. The summed E-state index contributed by atoms with van der Waals surface area (Å²) in [5.41, 5.74) is 0.00201. The average molecular weight is 293 g/mol. The van der Waals surface area contributed by atoms with Gasteiger partial charge in [-0.2, -0.15) is 4.39 Å². The van der Waals surface area contributed by atoms with Crippen molar-refractivity contribution >= 4 is 11.8 Å². The van der Waals surface area contributed by atoms with Gasteiger partial charge in [0.2, 0.25) is 11.9 Å². The highest BCUT2D eigenvalue weighted by atomic mass is 19.1. The molecule has 1 N–H and O–H groups in total. The van der Waals surface area contributed by atoms with Crippen LogP contribution < -0.4 is 5.32 Å². The van der Waals surface area contributed by atoms with Crippen molar-refractivity contribution in [3.8, 4) is 0 Å². The summed E-state index contributed by atoms with van der Waals surface area (Å²) < 4.78 is 13.5. The van der Waals surface area contributed by atoms with Crippen molar-refractivity contribution in [1.82, 2.24) is 15.2 Å². The summed E-state index contributed by atoms with van der Waals surface area (Å²) in [4.78, 5) is 29.0. The summed E-state index contributed by atoms with van der Waals surface area (Å²) in [6, 6.07) is 3.08. The van der Waals surface area contributed by atoms with Gasteiger partial charge in [-0.15, -0.1) is 0 Å². The molecule has 0 atom stereocenters. The Morgan fingerprint density at radius 1 is 1.38 bits per heavy atom. The van der Waals surface area contributed by atoms with E-state index in [4.69, 9.17) is 0 Å². The molecular weight excluding hydrogens is 273 g/mol. The van der Waals surface area contributed by atoms with Crippen molar-refractivity contribution in [2.45, 2.75) is 32.7 Å². The molecule has 0 unspecified atom stereocenters. The van der Waals surface area contributed by atoms with Gasteiger partial charge in [0.25, 0.3) is 5.91 Å². The number of carbonyl (C=O) groups is 2. The van der Waals surface area contributed by atoms with E-state index in [1.165, 1.54) is 12.3 Å². The summed E-state index contributed by atoms with van der Waals surface area (Å²) in [6.45, 7) is 4.71. The number of halogens is 1. The van der Waals surface area contributed by atoms with Crippen LogP contribution in [0.3, 0.4) is 0 Å². The van der Waals surface area contributed by atoms with Crippen molar-refractivity contribution < 1.29 is 14.0 Å². The van der Waals surface area contributed by atoms with E-state index in [1.54, 1.807) is 11.0 Å². The van der Waals surface area contributed by atoms with Crippen molar-refractivity contribution in [2.24, 2.45) is 5.92 Å². The second-order valence-electron chi connectivity index (χ2n) is 5.57. The Balaban J connectivity index is 1.91. The fraction of sp³-hybridized carbons (Fsp3) is 0.533. The number of nitrogens with one attached hydrogen (secondary N) is 1. The molecule has 1 aliphatic heterocycles. The first-order valence-corrected chi connectivity index (χ1v) is 7.19. The van der Waals surface area contributed by atoms with Crippen LogP contribution in [0.25, 0.3) is 0 Å². The monoisotopic (exact) mass is 293 g/mol. The fourth-order valence-corrected chi connectivity index (χ4v) is 2.31. The van der Waals surface area contributed by atoms with Gasteiger partial charge in [-0.25, -0.2) is 4.98 Å². The molecule has 2 heterocycles. The van der Waals surface area contributed by atoms with Crippen LogP contribution in [0.1, 0.15) is 37.0 Å². The zero-order chi connectivity index (χ0) is 15.4. The minimum Gasteiger partial charge on any atom is -0.353 e. The smallest absolute Gasteiger partial charge is 0.258 e. The van der Waals surface area contributed by atoms with Crippen molar-refractivity contribution in [3.63, 3.8) is 0 Å². The minimum absolute atomic E-state index is 0.00201. The van der Waals surface area contributed by atoms with E-state index < -0.39 is 5.95 Å². The maximum absolute atomic E-state index is 13.5. The number of likely N-dealkylation sites (tertiary alicyclic amines) is 1. The number of piperidine rings is 1. The molecule has 1 aliphatic rings. The lowest BCUT2D eigenvalue weighted by atomic mass is 10.0. The molecule has 0 aromatic carbocycles. The lowest BCUT2D eigenvalue weighted by molar-refractivity contribution is -0.124. The van der Waals surface area contributed by atoms with E-state index in [9.17, 15) is 14.0 Å². The van der Waals surface area contributed by atoms with Gasteiger partial charge in [0.15, 0.2) is 0 Å². The van der Waals surface area contributed by atoms with Gasteiger partial charge < -0.3 is 10.2 Å². The normalized spacial score (nSPS) is 16.1. The van der Waals surface area contributed by atoms with Gasteiger partial charge in [-0.1, -0.05) is 13.8 Å². The van der Waals surface area contributed by atoms with Gasteiger partial charge in [0.05, 0.1) is 5.56 Å². The number of nitrogens with zero attached hydrogens (tertiary/aromatic N) is 2. The predicted octanol–water partition coefficient (Wildman–Crippen LogP) is 1.60. The van der Waals surface area contributed by atoms with Crippen LogP contribution in [-0.4, -0.2) is 40.8 Å². The van der Waals surface area contributed by atoms with Gasteiger partial charge >= 0.3 is 0 Å². The first-order valence-electron chi connectivity index (χ1n) is 7.19. The van der Waals surface area contributed by atoms with Crippen LogP contribution in [-0.2, 0) is 4.79 Å². The van der Waals surface area contributed by atoms with Crippen LogP contribution >= 0.6 is 0 Å². The van der Waals surface area contributed by atoms with Crippen molar-refractivity contribution in [1.29, 1.82) is 0 Å². The summed E-state index contributed by atoms with van der Waals surface area (Å²) in [7, 11) is 0. The number of pyridine rings is 1. The van der Waals surface area contributed by atoms with Gasteiger partial charge in [-0.05, 0) is 25.0 Å². The summed E-state index contributed by atoms with van der Waals surface area (Å²) in [5.74, 6) is -1.10. The third kappa shape index (κ3) is 3.77. The number of hydrogen-bond acceptors (Lipinski definition) is 3. The Labute approximate surface area is 123 Å². The second-order valence-corrected chi connectivity index (χ2v) is 5.57. The summed E-state index contributed by atoms with van der Waals surface area (Å²) >= 11 is 0. The second kappa shape index (κ2) is 6.65. The maximum Gasteiger partial charge on any atom is 0.258 e. The molecule has 5 nitrogen and oxygen atoms in total. The number of hydrogen-bond donors (Lipinski definition) is 1. The molecule has 21 heavy (non-hydrogen) atoms. The Morgan fingerprint density at radius 2 is 2.05 bits per heavy atom. The van der Waals surface area contributed by atoms with Crippen LogP contribution in [0.4, 0.5) is 4.39 Å². The molecule has 1 aromatic heterocycles. The molecule has 0 aliphatic carbocycles. The molecule has 1 saturated heterocycles. The van der Waals surface area contributed by atoms with Crippen LogP contribution in [0.5, 0.6) is 0 Å². The highest BCUT2D eigenvalue weighted by molar-refractivity contribution is 5.94. The van der Waals surface area contributed by atoms with Crippen LogP contribution in [0, 0.1) is 11.9 Å². The SMILES string of the molecule is CC(C)C(=O)NC1CCN(C(=O)c2cccnc2F)CC1. The largest absolute Gasteiger partial charge is 0.353 e. The van der Waals surface area contributed by atoms with E-state index in [0.717, 1.165) is 0 Å². The lowest BCUT2D eigenvalue weighted by Crippen LogP contribution is -2.47. The molecule has 0 saturated carbocycles. The van der Waals surface area contributed by atoms with Crippen LogP contribution in [0.2, 0.25) is 0 Å². The minimum atomic E-state index is -0.738. The Morgan fingerprint density at radius 3 is 2.62 bits per heavy atom. The van der Waals surface area contributed by atoms with Crippen LogP contribution in [0.15, 0.2) is 18.3 Å². The standard InChI is InChI=1S/C15H20FN3O2/c1-10(2)14(20)18-11-5-8-19(9-6-11)15(21)12-4-3-7-17-13(12)16/h3-4,7,10-11H,5-6,8-9H2,1-2H3,(H,18,20). The molecule has 6 heteroatoms.